The van der Waals surface area contributed by atoms with E-state index < -0.39 is 60.4 Å². The van der Waals surface area contributed by atoms with Crippen molar-refractivity contribution in [3.8, 4) is 34.5 Å². The van der Waals surface area contributed by atoms with E-state index in [0.29, 0.717) is 216 Å². The molecule has 0 bridgehead atoms. The van der Waals surface area contributed by atoms with Crippen LogP contribution in [0.3, 0.4) is 0 Å². The number of rotatable bonds is 51. The van der Waals surface area contributed by atoms with E-state index in [2.05, 4.69) is 149 Å². The third-order valence-electron chi connectivity index (χ3n) is 19.4. The lowest BCUT2D eigenvalue weighted by Crippen LogP contribution is -2.34. The summed E-state index contributed by atoms with van der Waals surface area (Å²) < 4.78 is 153. The molecule has 12 rings (SSSR count). The number of anilines is 9. The maximum atomic E-state index is 15.2. The highest BCUT2D eigenvalue weighted by Crippen LogP contribution is 2.49. The molecule has 0 fully saturated rings. The van der Waals surface area contributed by atoms with Crippen LogP contribution in [0.5, 0.6) is 34.5 Å². The van der Waals surface area contributed by atoms with Gasteiger partial charge in [-0.25, -0.2) is 60.8 Å². The molecule has 12 aromatic rings. The van der Waals surface area contributed by atoms with Crippen molar-refractivity contribution in [1.29, 1.82) is 0 Å². The number of halogens is 6. The number of H-pyrrole nitrogens is 3. The van der Waals surface area contributed by atoms with Crippen molar-refractivity contribution in [3.05, 3.63) is 180 Å². The molecule has 6 heterocycles. The second kappa shape index (κ2) is 45.5. The van der Waals surface area contributed by atoms with Crippen LogP contribution in [0.2, 0.25) is 0 Å². The molecule has 128 heavy (non-hydrogen) atoms. The molecule has 0 saturated heterocycles. The second-order valence-electron chi connectivity index (χ2n) is 31.2. The number of nitrogens with zero attached hydrogens (tertiary/aromatic N) is 12. The zero-order valence-electron chi connectivity index (χ0n) is 72.1. The molecule has 6 aromatic carbocycles. The molecular formula is C87H102F6N21O13P. The van der Waals surface area contributed by atoms with E-state index in [9.17, 15) is 40.7 Å². The lowest BCUT2D eigenvalue weighted by Gasteiger charge is -2.28. The standard InChI is InChI=1S/C87H102F6N21O13P/c1-52(2)46-112(13-10-19-122-76-43-70-67(40-73(76)119-7)85(97-49-94-70)103-79-34-64(106-109-79)37-82(115)100-61-28-55(88)25-56(89)29-61)16-22-125-128(118,126-23-17-113(47-53(3)4)14-11-20-123-77-44-71-68(41-74(77)120-8)86(98-50-95-71)104-80-35-65(107-110-80)38-83(116)101-62-30-57(90)26-58(91)31-62)127-24-18-114(48-54(5)6)15-12-21-124-78-45-72-69(42-75(78)121-9)87(99-51-96-72)105-81-36-66(108-111-81)39-84(117)102-63-32-59(92)27-60(93)33-63/h25-36,40-45,49-54H,10-24,37-39,46-48H2,1-9H3,(H,100,115)(H,101,116)(H,102,117)(H2,94,97,103,106,109)(H2,95,98,104,107,110)(H2,96,99,105,108,111). The van der Waals surface area contributed by atoms with Crippen LogP contribution in [-0.2, 0) is 51.8 Å². The minimum absolute atomic E-state index is 0.00415. The summed E-state index contributed by atoms with van der Waals surface area (Å²) in [4.78, 5) is 71.8. The molecule has 0 spiro atoms. The van der Waals surface area contributed by atoms with Crippen molar-refractivity contribution in [2.75, 3.05) is 152 Å². The molecule has 0 saturated carbocycles. The summed E-state index contributed by atoms with van der Waals surface area (Å²) in [7, 11) is 0.292. The lowest BCUT2D eigenvalue weighted by molar-refractivity contribution is -0.116. The van der Waals surface area contributed by atoms with E-state index in [0.717, 1.165) is 36.4 Å². The van der Waals surface area contributed by atoms with Crippen LogP contribution >= 0.6 is 7.82 Å². The summed E-state index contributed by atoms with van der Waals surface area (Å²) in [6, 6.07) is 23.5. The van der Waals surface area contributed by atoms with Gasteiger partial charge in [-0.2, -0.15) is 15.3 Å². The molecule has 6 aromatic heterocycles. The Hall–Kier alpha value is -12.9. The number of ether oxygens (including phenoxy) is 6. The number of phosphoric acid groups is 1. The fraction of sp³-hybridized carbons (Fsp3) is 0.379. The van der Waals surface area contributed by atoms with Gasteiger partial charge in [0.2, 0.25) is 17.7 Å². The number of methoxy groups -OCH3 is 3. The van der Waals surface area contributed by atoms with Crippen LogP contribution in [0.4, 0.5) is 78.3 Å². The molecule has 34 nitrogen and oxygen atoms in total. The Morgan fingerprint density at radius 2 is 0.633 bits per heavy atom. The van der Waals surface area contributed by atoms with E-state index in [1.807, 2.05) is 0 Å². The van der Waals surface area contributed by atoms with Crippen LogP contribution in [0, 0.1) is 52.7 Å². The number of carbonyl (C=O) groups is 3. The van der Waals surface area contributed by atoms with Gasteiger partial charge >= 0.3 is 7.82 Å². The lowest BCUT2D eigenvalue weighted by atomic mass is 10.2. The molecule has 9 N–H and O–H groups in total. The first kappa shape index (κ1) is 94.3. The highest BCUT2D eigenvalue weighted by Gasteiger charge is 2.30. The zero-order valence-corrected chi connectivity index (χ0v) is 73.0. The van der Waals surface area contributed by atoms with Gasteiger partial charge < -0.3 is 75.0 Å². The molecule has 0 atom stereocenters. The van der Waals surface area contributed by atoms with Gasteiger partial charge in [-0.05, 0) is 91.6 Å². The second-order valence-corrected chi connectivity index (χ2v) is 32.9. The quantitative estimate of drug-likeness (QED) is 0.00971. The zero-order chi connectivity index (χ0) is 90.8. The van der Waals surface area contributed by atoms with E-state index in [4.69, 9.17) is 42.0 Å². The third-order valence-corrected chi connectivity index (χ3v) is 20.9. The Morgan fingerprint density at radius 1 is 0.359 bits per heavy atom. The molecule has 680 valence electrons. The van der Waals surface area contributed by atoms with Gasteiger partial charge in [0.1, 0.15) is 71.3 Å². The van der Waals surface area contributed by atoms with Gasteiger partial charge in [-0.1, -0.05) is 41.5 Å². The van der Waals surface area contributed by atoms with Crippen LogP contribution in [0.25, 0.3) is 32.7 Å². The fourth-order valence-corrected chi connectivity index (χ4v) is 15.2. The van der Waals surface area contributed by atoms with Crippen molar-refractivity contribution in [2.45, 2.75) is 80.1 Å². The summed E-state index contributed by atoms with van der Waals surface area (Å²) in [6.45, 7) is 18.3. The van der Waals surface area contributed by atoms with Crippen LogP contribution < -0.4 is 60.3 Å². The number of nitrogens with one attached hydrogen (secondary N) is 9. The molecule has 41 heteroatoms. The maximum Gasteiger partial charge on any atom is 0.474 e. The first-order chi connectivity index (χ1) is 61.6. The van der Waals surface area contributed by atoms with Crippen molar-refractivity contribution < 1.29 is 87.3 Å². The number of fused-ring (bicyclic) bond motifs is 3. The Bertz CT molecular complexity index is 5210. The molecule has 0 aliphatic carbocycles. The average molecular weight is 1790 g/mol. The highest BCUT2D eigenvalue weighted by molar-refractivity contribution is 7.48. The number of carbonyl (C=O) groups excluding carboxylic acids is 3. The number of hydrogen-bond acceptors (Lipinski definition) is 28. The summed E-state index contributed by atoms with van der Waals surface area (Å²) in [5, 5.41) is 39.9. The van der Waals surface area contributed by atoms with Crippen LogP contribution in [0.15, 0.2) is 128 Å². The minimum atomic E-state index is -4.28. The Kier molecular flexibility index (Phi) is 33.5. The van der Waals surface area contributed by atoms with E-state index in [1.54, 1.807) is 54.6 Å². The predicted molar refractivity (Wildman–Crippen MR) is 470 cm³/mol. The summed E-state index contributed by atoms with van der Waals surface area (Å²) in [6.07, 6.45) is 5.36. The number of phosphoric ester groups is 1. The first-order valence-electron chi connectivity index (χ1n) is 41.4. The van der Waals surface area contributed by atoms with Gasteiger partial charge in [0.05, 0.1) is 96.8 Å². The van der Waals surface area contributed by atoms with Crippen LogP contribution in [0.1, 0.15) is 77.9 Å². The van der Waals surface area contributed by atoms with Crippen molar-refractivity contribution in [1.82, 2.24) is 75.2 Å². The van der Waals surface area contributed by atoms with Crippen LogP contribution in [-0.4, -0.2) is 213 Å². The topological polar surface area (TPSA) is 397 Å². The first-order valence-corrected chi connectivity index (χ1v) is 42.9. The predicted octanol–water partition coefficient (Wildman–Crippen LogP) is 15.1. The van der Waals surface area contributed by atoms with Crippen molar-refractivity contribution in [2.24, 2.45) is 17.8 Å². The molecule has 0 aliphatic heterocycles. The molecule has 0 unspecified atom stereocenters. The number of amides is 3. The van der Waals surface area contributed by atoms with Gasteiger partial charge in [-0.15, -0.1) is 0 Å². The fourth-order valence-electron chi connectivity index (χ4n) is 14.0. The Labute approximate surface area is 733 Å². The van der Waals surface area contributed by atoms with E-state index >= 15 is 4.57 Å². The molecule has 0 aliphatic rings. The summed E-state index contributed by atoms with van der Waals surface area (Å²) in [5.74, 6) is -1.08. The Balaban J connectivity index is 0.664. The smallest absolute Gasteiger partial charge is 0.474 e. The Morgan fingerprint density at radius 3 is 0.891 bits per heavy atom. The number of hydrogen-bond donors (Lipinski definition) is 9. The average Bonchev–Trinajstić information content (AvgIpc) is 1.04. The molecule has 0 radical (unpaired) electrons. The number of aromatic nitrogens is 12. The summed E-state index contributed by atoms with van der Waals surface area (Å²) in [5.41, 5.74) is 2.77. The number of benzene rings is 6. The van der Waals surface area contributed by atoms with Gasteiger partial charge in [0.15, 0.2) is 52.0 Å². The number of aromatic amines is 3. The minimum Gasteiger partial charge on any atom is -0.493 e. The third kappa shape index (κ3) is 28.3. The summed E-state index contributed by atoms with van der Waals surface area (Å²) >= 11 is 0. The molecule has 3 amide bonds. The van der Waals surface area contributed by atoms with Crippen molar-refractivity contribution in [3.63, 3.8) is 0 Å². The highest BCUT2D eigenvalue weighted by atomic mass is 31.2. The van der Waals surface area contributed by atoms with E-state index in [1.165, 1.54) is 40.3 Å². The monoisotopic (exact) mass is 1790 g/mol. The van der Waals surface area contributed by atoms with Gasteiger partial charge in [0, 0.05) is 164 Å². The largest absolute Gasteiger partial charge is 0.493 e. The SMILES string of the molecule is COc1cc2c(Nc3cc(CC(=O)Nc4cc(F)cc(F)c4)[nH]n3)ncnc2cc1OCCCN(CCOP(=O)(OCCN(CCCOc1cc2ncnc(Nc3cc(CC(=O)Nc4cc(F)cc(F)c4)[nH]n3)c2cc1OC)CC(C)C)OCCN(CCCOc1cc2ncnc(Nc3cc(CC(=O)Nc4cc(F)cc(F)c4)[nH]n3)c2cc1OC)CC(C)C)CC(C)C. The van der Waals surface area contributed by atoms with Gasteiger partial charge in [-0.3, -0.25) is 43.3 Å². The normalized spacial score (nSPS) is 11.8. The van der Waals surface area contributed by atoms with Gasteiger partial charge in [0.25, 0.3) is 0 Å². The van der Waals surface area contributed by atoms with E-state index in [-0.39, 0.29) is 93.7 Å². The van der Waals surface area contributed by atoms with Crippen molar-refractivity contribution >= 4 is 110 Å². The molecular weight excluding hydrogens is 1690 g/mol. The maximum absolute atomic E-state index is 15.2.